The fourth-order valence-electron chi connectivity index (χ4n) is 2.83. The molecule has 0 saturated carbocycles. The van der Waals surface area contributed by atoms with Crippen molar-refractivity contribution in [3.63, 3.8) is 0 Å². The Morgan fingerprint density at radius 2 is 2.00 bits per heavy atom. The number of aryl methyl sites for hydroxylation is 2. The van der Waals surface area contributed by atoms with Crippen molar-refractivity contribution < 1.29 is 4.79 Å². The van der Waals surface area contributed by atoms with E-state index in [4.69, 9.17) is 0 Å². The van der Waals surface area contributed by atoms with Gasteiger partial charge in [0.1, 0.15) is 0 Å². The van der Waals surface area contributed by atoms with E-state index in [-0.39, 0.29) is 6.03 Å². The van der Waals surface area contributed by atoms with Crippen LogP contribution in [0.4, 0.5) is 4.79 Å². The van der Waals surface area contributed by atoms with Gasteiger partial charge in [0.25, 0.3) is 0 Å². The largest absolute Gasteiger partial charge is 0.338 e. The molecule has 1 aliphatic carbocycles. The first-order chi connectivity index (χ1) is 10.8. The maximum atomic E-state index is 11.8. The van der Waals surface area contributed by atoms with Gasteiger partial charge in [-0.15, -0.1) is 0 Å². The molecule has 1 heterocycles. The van der Waals surface area contributed by atoms with Gasteiger partial charge in [-0.25, -0.2) is 4.79 Å². The van der Waals surface area contributed by atoms with Gasteiger partial charge in [-0.3, -0.25) is 4.98 Å². The van der Waals surface area contributed by atoms with Crippen LogP contribution in [-0.2, 0) is 25.8 Å². The second-order valence-electron chi connectivity index (χ2n) is 5.64. The molecule has 0 unspecified atom stereocenters. The number of aromatic nitrogens is 1. The zero-order chi connectivity index (χ0) is 15.2. The topological polar surface area (TPSA) is 54.0 Å². The van der Waals surface area contributed by atoms with Crippen molar-refractivity contribution in [2.75, 3.05) is 6.54 Å². The molecule has 3 rings (SSSR count). The SMILES string of the molecule is O=C(NCCc1ccccn1)NCc1ccc2c(c1)CCC2. The van der Waals surface area contributed by atoms with E-state index in [2.05, 4.69) is 33.8 Å². The number of pyridine rings is 1. The highest BCUT2D eigenvalue weighted by atomic mass is 16.2. The van der Waals surface area contributed by atoms with Crippen LogP contribution in [0, 0.1) is 0 Å². The third-order valence-electron chi connectivity index (χ3n) is 4.01. The van der Waals surface area contributed by atoms with Gasteiger partial charge in [-0.2, -0.15) is 0 Å². The third-order valence-corrected chi connectivity index (χ3v) is 4.01. The Morgan fingerprint density at radius 3 is 2.86 bits per heavy atom. The molecule has 22 heavy (non-hydrogen) atoms. The molecule has 1 aliphatic rings. The summed E-state index contributed by atoms with van der Waals surface area (Å²) in [5, 5.41) is 5.77. The first-order valence-electron chi connectivity index (χ1n) is 7.83. The summed E-state index contributed by atoms with van der Waals surface area (Å²) in [5.41, 5.74) is 5.06. The molecule has 0 saturated heterocycles. The van der Waals surface area contributed by atoms with Crippen molar-refractivity contribution in [2.24, 2.45) is 0 Å². The predicted octanol–water partition coefficient (Wildman–Crippen LogP) is 2.61. The Labute approximate surface area is 131 Å². The molecule has 0 fully saturated rings. The van der Waals surface area contributed by atoms with Crippen LogP contribution in [0.15, 0.2) is 42.6 Å². The Hall–Kier alpha value is -2.36. The van der Waals surface area contributed by atoms with Crippen molar-refractivity contribution in [1.82, 2.24) is 15.6 Å². The van der Waals surface area contributed by atoms with E-state index < -0.39 is 0 Å². The lowest BCUT2D eigenvalue weighted by Crippen LogP contribution is -2.36. The van der Waals surface area contributed by atoms with Gasteiger partial charge in [0, 0.05) is 31.4 Å². The summed E-state index contributed by atoms with van der Waals surface area (Å²) in [7, 11) is 0. The predicted molar refractivity (Wildman–Crippen MR) is 86.6 cm³/mol. The molecule has 114 valence electrons. The number of urea groups is 1. The maximum Gasteiger partial charge on any atom is 0.315 e. The zero-order valence-electron chi connectivity index (χ0n) is 12.6. The second kappa shape index (κ2) is 7.07. The lowest BCUT2D eigenvalue weighted by atomic mass is 10.1. The normalized spacial score (nSPS) is 12.7. The summed E-state index contributed by atoms with van der Waals surface area (Å²) in [6.07, 6.45) is 6.12. The molecule has 0 radical (unpaired) electrons. The summed E-state index contributed by atoms with van der Waals surface area (Å²) in [5.74, 6) is 0. The summed E-state index contributed by atoms with van der Waals surface area (Å²) in [4.78, 5) is 16.0. The van der Waals surface area contributed by atoms with Gasteiger partial charge in [0.2, 0.25) is 0 Å². The van der Waals surface area contributed by atoms with Crippen molar-refractivity contribution in [1.29, 1.82) is 0 Å². The minimum Gasteiger partial charge on any atom is -0.338 e. The number of carbonyl (C=O) groups excluding carboxylic acids is 1. The van der Waals surface area contributed by atoms with E-state index in [1.807, 2.05) is 18.2 Å². The fraction of sp³-hybridized carbons (Fsp3) is 0.333. The summed E-state index contributed by atoms with van der Waals surface area (Å²) >= 11 is 0. The molecule has 0 aliphatic heterocycles. The van der Waals surface area contributed by atoms with E-state index in [1.54, 1.807) is 6.20 Å². The average Bonchev–Trinajstić information content (AvgIpc) is 3.01. The highest BCUT2D eigenvalue weighted by Crippen LogP contribution is 2.22. The number of rotatable bonds is 5. The van der Waals surface area contributed by atoms with E-state index in [9.17, 15) is 4.79 Å². The van der Waals surface area contributed by atoms with Crippen LogP contribution in [0.2, 0.25) is 0 Å². The van der Waals surface area contributed by atoms with Crippen molar-refractivity contribution in [3.8, 4) is 0 Å². The van der Waals surface area contributed by atoms with Gasteiger partial charge >= 0.3 is 6.03 Å². The molecule has 2 N–H and O–H groups in total. The zero-order valence-corrected chi connectivity index (χ0v) is 12.6. The fourth-order valence-corrected chi connectivity index (χ4v) is 2.83. The van der Waals surface area contributed by atoms with Crippen molar-refractivity contribution >= 4 is 6.03 Å². The second-order valence-corrected chi connectivity index (χ2v) is 5.64. The highest BCUT2D eigenvalue weighted by molar-refractivity contribution is 5.73. The summed E-state index contributed by atoms with van der Waals surface area (Å²) < 4.78 is 0. The number of hydrogen-bond acceptors (Lipinski definition) is 2. The van der Waals surface area contributed by atoms with Crippen molar-refractivity contribution in [2.45, 2.75) is 32.2 Å². The number of nitrogens with one attached hydrogen (secondary N) is 2. The number of hydrogen-bond donors (Lipinski definition) is 2. The standard InChI is InChI=1S/C18H21N3O/c22-18(20-11-9-17-6-1-2-10-19-17)21-13-14-7-8-15-4-3-5-16(15)12-14/h1-2,6-8,10,12H,3-5,9,11,13H2,(H2,20,21,22). The highest BCUT2D eigenvalue weighted by Gasteiger charge is 2.10. The molecule has 2 aromatic rings. The Morgan fingerprint density at radius 1 is 1.09 bits per heavy atom. The minimum atomic E-state index is -0.128. The Bertz CT molecular complexity index is 640. The molecule has 1 aromatic heterocycles. The smallest absolute Gasteiger partial charge is 0.315 e. The number of fused-ring (bicyclic) bond motifs is 1. The number of nitrogens with zero attached hydrogens (tertiary/aromatic N) is 1. The lowest BCUT2D eigenvalue weighted by Gasteiger charge is -2.09. The van der Waals surface area contributed by atoms with Crippen LogP contribution in [0.5, 0.6) is 0 Å². The van der Waals surface area contributed by atoms with E-state index in [1.165, 1.54) is 36.0 Å². The number of amides is 2. The minimum absolute atomic E-state index is 0.128. The van der Waals surface area contributed by atoms with Crippen LogP contribution in [0.1, 0.15) is 28.8 Å². The maximum absolute atomic E-state index is 11.8. The quantitative estimate of drug-likeness (QED) is 0.891. The van der Waals surface area contributed by atoms with E-state index in [0.717, 1.165) is 12.1 Å². The summed E-state index contributed by atoms with van der Waals surface area (Å²) in [6.45, 7) is 1.16. The van der Waals surface area contributed by atoms with Gasteiger partial charge < -0.3 is 10.6 Å². The molecule has 0 spiro atoms. The van der Waals surface area contributed by atoms with Crippen LogP contribution in [0.3, 0.4) is 0 Å². The molecule has 4 heteroatoms. The molecular weight excluding hydrogens is 274 g/mol. The van der Waals surface area contributed by atoms with E-state index in [0.29, 0.717) is 13.1 Å². The summed E-state index contributed by atoms with van der Waals surface area (Å²) in [6, 6.07) is 12.2. The van der Waals surface area contributed by atoms with Crippen molar-refractivity contribution in [3.05, 3.63) is 65.0 Å². The molecular formula is C18H21N3O. The molecule has 1 aromatic carbocycles. The van der Waals surface area contributed by atoms with Crippen LogP contribution in [-0.4, -0.2) is 17.6 Å². The monoisotopic (exact) mass is 295 g/mol. The Balaban J connectivity index is 1.41. The third kappa shape index (κ3) is 3.85. The number of benzene rings is 1. The van der Waals surface area contributed by atoms with Crippen LogP contribution >= 0.6 is 0 Å². The van der Waals surface area contributed by atoms with Gasteiger partial charge in [0.15, 0.2) is 0 Å². The number of carbonyl (C=O) groups is 1. The molecule has 4 nitrogen and oxygen atoms in total. The average molecular weight is 295 g/mol. The van der Waals surface area contributed by atoms with Crippen LogP contribution in [0.25, 0.3) is 0 Å². The molecule has 2 amide bonds. The molecule has 0 bridgehead atoms. The van der Waals surface area contributed by atoms with E-state index >= 15 is 0 Å². The first kappa shape index (κ1) is 14.6. The van der Waals surface area contributed by atoms with Gasteiger partial charge in [-0.05, 0) is 48.1 Å². The van der Waals surface area contributed by atoms with Gasteiger partial charge in [-0.1, -0.05) is 24.3 Å². The van der Waals surface area contributed by atoms with Crippen LogP contribution < -0.4 is 10.6 Å². The molecule has 0 atom stereocenters. The Kier molecular flexibility index (Phi) is 4.68. The first-order valence-corrected chi connectivity index (χ1v) is 7.83. The lowest BCUT2D eigenvalue weighted by molar-refractivity contribution is 0.240. The van der Waals surface area contributed by atoms with Gasteiger partial charge in [0.05, 0.1) is 0 Å².